The van der Waals surface area contributed by atoms with Crippen molar-refractivity contribution in [3.63, 3.8) is 0 Å². The van der Waals surface area contributed by atoms with Crippen LogP contribution in [-0.2, 0) is 11.3 Å². The topological polar surface area (TPSA) is 66.0 Å². The molecule has 1 aliphatic heterocycles. The second-order valence-electron chi connectivity index (χ2n) is 5.42. The van der Waals surface area contributed by atoms with Crippen molar-refractivity contribution in [1.29, 1.82) is 0 Å². The van der Waals surface area contributed by atoms with Crippen LogP contribution in [0, 0.1) is 0 Å². The molecule has 0 saturated carbocycles. The van der Waals surface area contributed by atoms with E-state index in [1.54, 1.807) is 6.20 Å². The summed E-state index contributed by atoms with van der Waals surface area (Å²) in [5.41, 5.74) is 2.08. The first-order valence-corrected chi connectivity index (χ1v) is 7.36. The van der Waals surface area contributed by atoms with Gasteiger partial charge in [0.25, 0.3) is 5.89 Å². The van der Waals surface area contributed by atoms with E-state index >= 15 is 0 Å². The van der Waals surface area contributed by atoms with Gasteiger partial charge < -0.3 is 9.26 Å². The van der Waals surface area contributed by atoms with E-state index < -0.39 is 0 Å². The molecule has 0 amide bonds. The number of aromatic nitrogens is 4. The lowest BCUT2D eigenvalue weighted by Gasteiger charge is -2.03. The van der Waals surface area contributed by atoms with Gasteiger partial charge in [0.2, 0.25) is 0 Å². The molecule has 1 atom stereocenters. The molecule has 0 bridgehead atoms. The van der Waals surface area contributed by atoms with E-state index in [0.29, 0.717) is 12.5 Å². The van der Waals surface area contributed by atoms with Crippen LogP contribution in [-0.4, -0.2) is 33.1 Å². The van der Waals surface area contributed by atoms with Gasteiger partial charge in [-0.25, -0.2) is 0 Å². The standard InChI is InChI=1S/C16H16N4O2/c1-3-12(10-20-7-2-6-17-20)9-13(4-1)16-18-15(19-22-16)14-5-8-21-11-14/h1-4,6-7,9,14H,5,8,10-11H2/t14-/m0/s1. The molecule has 0 unspecified atom stereocenters. The van der Waals surface area contributed by atoms with Gasteiger partial charge >= 0.3 is 0 Å². The van der Waals surface area contributed by atoms with Crippen LogP contribution < -0.4 is 0 Å². The summed E-state index contributed by atoms with van der Waals surface area (Å²) in [5, 5.41) is 8.32. The Balaban J connectivity index is 1.57. The van der Waals surface area contributed by atoms with Crippen molar-refractivity contribution in [2.45, 2.75) is 18.9 Å². The Morgan fingerprint density at radius 1 is 1.27 bits per heavy atom. The first kappa shape index (κ1) is 13.2. The fraction of sp³-hybridized carbons (Fsp3) is 0.312. The van der Waals surface area contributed by atoms with Crippen LogP contribution in [0.15, 0.2) is 47.2 Å². The van der Waals surface area contributed by atoms with E-state index in [1.807, 2.05) is 29.1 Å². The summed E-state index contributed by atoms with van der Waals surface area (Å²) in [6.07, 6.45) is 4.67. The molecule has 0 spiro atoms. The second kappa shape index (κ2) is 5.73. The Bertz CT molecular complexity index is 745. The first-order valence-electron chi connectivity index (χ1n) is 7.36. The van der Waals surface area contributed by atoms with Crippen molar-refractivity contribution >= 4 is 0 Å². The zero-order chi connectivity index (χ0) is 14.8. The maximum atomic E-state index is 5.41. The summed E-state index contributed by atoms with van der Waals surface area (Å²) < 4.78 is 12.7. The highest BCUT2D eigenvalue weighted by atomic mass is 16.5. The molecule has 112 valence electrons. The van der Waals surface area contributed by atoms with E-state index in [9.17, 15) is 0 Å². The predicted molar refractivity (Wildman–Crippen MR) is 79.2 cm³/mol. The Morgan fingerprint density at radius 3 is 3.09 bits per heavy atom. The molecule has 1 fully saturated rings. The molecule has 6 nitrogen and oxygen atoms in total. The summed E-state index contributed by atoms with van der Waals surface area (Å²) >= 11 is 0. The van der Waals surface area contributed by atoms with Crippen molar-refractivity contribution < 1.29 is 9.26 Å². The van der Waals surface area contributed by atoms with E-state index in [0.717, 1.165) is 36.5 Å². The van der Waals surface area contributed by atoms with Gasteiger partial charge in [-0.05, 0) is 30.2 Å². The summed E-state index contributed by atoms with van der Waals surface area (Å²) in [6.45, 7) is 2.17. The third-order valence-corrected chi connectivity index (χ3v) is 3.81. The van der Waals surface area contributed by atoms with Crippen LogP contribution in [0.25, 0.3) is 11.5 Å². The SMILES string of the molecule is c1cc(Cn2cccn2)cc(-c2nc([C@H]3CCOC3)no2)c1. The summed E-state index contributed by atoms with van der Waals surface area (Å²) in [4.78, 5) is 4.52. The van der Waals surface area contributed by atoms with Crippen LogP contribution >= 0.6 is 0 Å². The van der Waals surface area contributed by atoms with Gasteiger partial charge in [-0.1, -0.05) is 17.3 Å². The number of hydrogen-bond donors (Lipinski definition) is 0. The molecule has 1 aromatic carbocycles. The molecule has 0 radical (unpaired) electrons. The predicted octanol–water partition coefficient (Wildman–Crippen LogP) is 2.49. The van der Waals surface area contributed by atoms with Crippen molar-refractivity contribution in [3.8, 4) is 11.5 Å². The molecule has 2 aromatic heterocycles. The van der Waals surface area contributed by atoms with Crippen LogP contribution in [0.5, 0.6) is 0 Å². The lowest BCUT2D eigenvalue weighted by molar-refractivity contribution is 0.192. The van der Waals surface area contributed by atoms with Gasteiger partial charge in [-0.15, -0.1) is 0 Å². The zero-order valence-corrected chi connectivity index (χ0v) is 12.1. The summed E-state index contributed by atoms with van der Waals surface area (Å²) in [5.74, 6) is 1.55. The highest BCUT2D eigenvalue weighted by molar-refractivity contribution is 5.54. The quantitative estimate of drug-likeness (QED) is 0.740. The number of hydrogen-bond acceptors (Lipinski definition) is 5. The van der Waals surface area contributed by atoms with Gasteiger partial charge in [0.15, 0.2) is 5.82 Å². The Labute approximate surface area is 127 Å². The molecule has 6 heteroatoms. The molecular formula is C16H16N4O2. The summed E-state index contributed by atoms with van der Waals surface area (Å²) in [7, 11) is 0. The largest absolute Gasteiger partial charge is 0.381 e. The monoisotopic (exact) mass is 296 g/mol. The average molecular weight is 296 g/mol. The van der Waals surface area contributed by atoms with Gasteiger partial charge in [-0.2, -0.15) is 10.1 Å². The Morgan fingerprint density at radius 2 is 2.27 bits per heavy atom. The molecule has 3 aromatic rings. The van der Waals surface area contributed by atoms with Crippen LogP contribution in [0.4, 0.5) is 0 Å². The Kier molecular flexibility index (Phi) is 3.44. The van der Waals surface area contributed by atoms with Gasteiger partial charge in [0, 0.05) is 30.5 Å². The molecule has 3 heterocycles. The molecule has 0 aliphatic carbocycles. The lowest BCUT2D eigenvalue weighted by Crippen LogP contribution is -2.00. The van der Waals surface area contributed by atoms with Gasteiger partial charge in [0.1, 0.15) is 0 Å². The molecule has 1 aliphatic rings. The highest BCUT2D eigenvalue weighted by Crippen LogP contribution is 2.26. The number of nitrogens with zero attached hydrogens (tertiary/aromatic N) is 4. The van der Waals surface area contributed by atoms with Crippen molar-refractivity contribution in [2.75, 3.05) is 13.2 Å². The van der Waals surface area contributed by atoms with E-state index in [4.69, 9.17) is 9.26 Å². The van der Waals surface area contributed by atoms with Crippen LogP contribution in [0.1, 0.15) is 23.7 Å². The van der Waals surface area contributed by atoms with Gasteiger partial charge in [0.05, 0.1) is 13.2 Å². The highest BCUT2D eigenvalue weighted by Gasteiger charge is 2.23. The molecular weight excluding hydrogens is 280 g/mol. The third-order valence-electron chi connectivity index (χ3n) is 3.81. The summed E-state index contributed by atoms with van der Waals surface area (Å²) in [6, 6.07) is 10.0. The number of benzene rings is 1. The zero-order valence-electron chi connectivity index (χ0n) is 12.1. The smallest absolute Gasteiger partial charge is 0.257 e. The second-order valence-corrected chi connectivity index (χ2v) is 5.42. The number of ether oxygens (including phenoxy) is 1. The van der Waals surface area contributed by atoms with Gasteiger partial charge in [-0.3, -0.25) is 4.68 Å². The molecule has 1 saturated heterocycles. The third kappa shape index (κ3) is 2.65. The maximum absolute atomic E-state index is 5.41. The fourth-order valence-electron chi connectivity index (χ4n) is 2.64. The van der Waals surface area contributed by atoms with E-state index in [-0.39, 0.29) is 5.92 Å². The minimum absolute atomic E-state index is 0.254. The minimum atomic E-state index is 0.254. The van der Waals surface area contributed by atoms with Crippen molar-refractivity contribution in [1.82, 2.24) is 19.9 Å². The van der Waals surface area contributed by atoms with Crippen molar-refractivity contribution in [2.24, 2.45) is 0 Å². The maximum Gasteiger partial charge on any atom is 0.257 e. The normalized spacial score (nSPS) is 17.9. The lowest BCUT2D eigenvalue weighted by atomic mass is 10.1. The molecule has 22 heavy (non-hydrogen) atoms. The van der Waals surface area contributed by atoms with Crippen LogP contribution in [0.3, 0.4) is 0 Å². The minimum Gasteiger partial charge on any atom is -0.381 e. The molecule has 0 N–H and O–H groups in total. The first-order chi connectivity index (χ1) is 10.9. The van der Waals surface area contributed by atoms with E-state index in [2.05, 4.69) is 27.4 Å². The average Bonchev–Trinajstić information content (AvgIpc) is 3.29. The van der Waals surface area contributed by atoms with Crippen LogP contribution in [0.2, 0.25) is 0 Å². The van der Waals surface area contributed by atoms with Crippen molar-refractivity contribution in [3.05, 3.63) is 54.1 Å². The molecule has 4 rings (SSSR count). The number of rotatable bonds is 4. The fourth-order valence-corrected chi connectivity index (χ4v) is 2.64. The van der Waals surface area contributed by atoms with E-state index in [1.165, 1.54) is 0 Å². The Hall–Kier alpha value is -2.47.